The average Bonchev–Trinajstić information content (AvgIpc) is 2.34. The lowest BCUT2D eigenvalue weighted by atomic mass is 10.0. The summed E-state index contributed by atoms with van der Waals surface area (Å²) in [5, 5.41) is 8.81. The summed E-state index contributed by atoms with van der Waals surface area (Å²) in [6, 6.07) is 0. The van der Waals surface area contributed by atoms with E-state index in [1.807, 2.05) is 0 Å². The van der Waals surface area contributed by atoms with Crippen LogP contribution in [0.4, 0.5) is 0 Å². The molecule has 0 saturated heterocycles. The second-order valence-electron chi connectivity index (χ2n) is 5.12. The minimum Gasteiger partial charge on any atom is -0.478 e. The molecule has 1 N–H and O–H groups in total. The average molecular weight is 254 g/mol. The van der Waals surface area contributed by atoms with Crippen LogP contribution in [0.1, 0.15) is 84.5 Å². The van der Waals surface area contributed by atoms with Crippen LogP contribution in [0.3, 0.4) is 0 Å². The van der Waals surface area contributed by atoms with Crippen molar-refractivity contribution in [1.82, 2.24) is 0 Å². The molecule has 0 rings (SSSR count). The molecular weight excluding hydrogens is 224 g/mol. The number of unbranched alkanes of at least 4 members (excludes halogenated alkanes) is 7. The summed E-state index contributed by atoms with van der Waals surface area (Å²) in [6.45, 7) is 4.38. The lowest BCUT2D eigenvalue weighted by Crippen LogP contribution is -1.94. The number of hydrogen-bond donors (Lipinski definition) is 1. The van der Waals surface area contributed by atoms with Gasteiger partial charge in [0, 0.05) is 6.08 Å². The number of rotatable bonds is 12. The zero-order valence-electron chi connectivity index (χ0n) is 12.2. The Labute approximate surface area is 112 Å². The predicted molar refractivity (Wildman–Crippen MR) is 77.9 cm³/mol. The molecule has 0 aromatic heterocycles. The van der Waals surface area contributed by atoms with Crippen LogP contribution in [-0.4, -0.2) is 11.1 Å². The molecule has 0 saturated carbocycles. The molecule has 0 atom stereocenters. The lowest BCUT2D eigenvalue weighted by Gasteiger charge is -2.06. The fourth-order valence-electron chi connectivity index (χ4n) is 2.16. The van der Waals surface area contributed by atoms with Gasteiger partial charge < -0.3 is 5.11 Å². The van der Waals surface area contributed by atoms with Gasteiger partial charge in [0.25, 0.3) is 0 Å². The van der Waals surface area contributed by atoms with Gasteiger partial charge in [-0.15, -0.1) is 0 Å². The molecule has 0 aliphatic carbocycles. The molecule has 0 spiro atoms. The van der Waals surface area contributed by atoms with E-state index in [0.717, 1.165) is 37.7 Å². The number of hydrogen-bond acceptors (Lipinski definition) is 1. The standard InChI is InChI=1S/C16H30O2/c1-3-5-7-8-9-10-11-13-15(12-6-4-2)14-16(17)18/h14H,3-13H2,1-2H3,(H,17,18). The van der Waals surface area contributed by atoms with Crippen molar-refractivity contribution in [2.24, 2.45) is 0 Å². The van der Waals surface area contributed by atoms with E-state index in [0.29, 0.717) is 0 Å². The Balaban J connectivity index is 3.66. The lowest BCUT2D eigenvalue weighted by molar-refractivity contribution is -0.131. The Bertz CT molecular complexity index is 231. The topological polar surface area (TPSA) is 37.3 Å². The summed E-state index contributed by atoms with van der Waals surface area (Å²) in [5.74, 6) is -0.788. The molecule has 0 bridgehead atoms. The first-order valence-corrected chi connectivity index (χ1v) is 7.63. The summed E-state index contributed by atoms with van der Waals surface area (Å²) in [5.41, 5.74) is 1.12. The van der Waals surface area contributed by atoms with Crippen molar-refractivity contribution in [3.05, 3.63) is 11.6 Å². The highest BCUT2D eigenvalue weighted by atomic mass is 16.4. The Morgan fingerprint density at radius 1 is 0.833 bits per heavy atom. The molecule has 0 heterocycles. The highest BCUT2D eigenvalue weighted by Gasteiger charge is 2.01. The van der Waals surface area contributed by atoms with Gasteiger partial charge in [-0.05, 0) is 25.7 Å². The summed E-state index contributed by atoms with van der Waals surface area (Å²) in [4.78, 5) is 10.7. The number of carboxylic acids is 1. The number of carboxylic acid groups (broad SMARTS) is 1. The van der Waals surface area contributed by atoms with E-state index in [1.54, 1.807) is 0 Å². The molecule has 0 fully saturated rings. The van der Waals surface area contributed by atoms with Crippen LogP contribution >= 0.6 is 0 Å². The van der Waals surface area contributed by atoms with E-state index in [4.69, 9.17) is 5.11 Å². The summed E-state index contributed by atoms with van der Waals surface area (Å²) < 4.78 is 0. The maximum absolute atomic E-state index is 10.7. The summed E-state index contributed by atoms with van der Waals surface area (Å²) in [7, 11) is 0. The molecule has 0 amide bonds. The molecule has 0 unspecified atom stereocenters. The van der Waals surface area contributed by atoms with Crippen LogP contribution in [0.5, 0.6) is 0 Å². The van der Waals surface area contributed by atoms with E-state index < -0.39 is 5.97 Å². The van der Waals surface area contributed by atoms with Gasteiger partial charge in [-0.25, -0.2) is 4.79 Å². The molecule has 2 heteroatoms. The smallest absolute Gasteiger partial charge is 0.328 e. The second kappa shape index (κ2) is 12.7. The van der Waals surface area contributed by atoms with Crippen molar-refractivity contribution in [2.75, 3.05) is 0 Å². The van der Waals surface area contributed by atoms with E-state index in [9.17, 15) is 4.79 Å². The molecule has 0 aliphatic rings. The first-order valence-electron chi connectivity index (χ1n) is 7.63. The van der Waals surface area contributed by atoms with Crippen molar-refractivity contribution in [1.29, 1.82) is 0 Å². The zero-order chi connectivity index (χ0) is 13.6. The third-order valence-corrected chi connectivity index (χ3v) is 3.28. The highest BCUT2D eigenvalue weighted by Crippen LogP contribution is 2.17. The van der Waals surface area contributed by atoms with Gasteiger partial charge in [0.1, 0.15) is 0 Å². The molecule has 0 aromatic rings. The Morgan fingerprint density at radius 2 is 1.33 bits per heavy atom. The number of allylic oxidation sites excluding steroid dienone is 1. The quantitative estimate of drug-likeness (QED) is 0.377. The van der Waals surface area contributed by atoms with Gasteiger partial charge in [0.05, 0.1) is 0 Å². The predicted octanol–water partition coefficient (Wildman–Crippen LogP) is 5.33. The fourth-order valence-corrected chi connectivity index (χ4v) is 2.16. The van der Waals surface area contributed by atoms with Gasteiger partial charge in [-0.3, -0.25) is 0 Å². The van der Waals surface area contributed by atoms with Crippen LogP contribution in [0.15, 0.2) is 11.6 Å². The Morgan fingerprint density at radius 3 is 1.89 bits per heavy atom. The molecule has 106 valence electrons. The van der Waals surface area contributed by atoms with E-state index in [2.05, 4.69) is 13.8 Å². The number of aliphatic carboxylic acids is 1. The Hall–Kier alpha value is -0.790. The molecule has 18 heavy (non-hydrogen) atoms. The molecule has 0 radical (unpaired) electrons. The van der Waals surface area contributed by atoms with E-state index in [1.165, 1.54) is 44.6 Å². The van der Waals surface area contributed by atoms with Crippen LogP contribution in [0.2, 0.25) is 0 Å². The summed E-state index contributed by atoms with van der Waals surface area (Å²) >= 11 is 0. The summed E-state index contributed by atoms with van der Waals surface area (Å²) in [6.07, 6.45) is 14.6. The molecule has 0 aromatic carbocycles. The van der Waals surface area contributed by atoms with E-state index >= 15 is 0 Å². The van der Waals surface area contributed by atoms with Crippen molar-refractivity contribution in [3.63, 3.8) is 0 Å². The van der Waals surface area contributed by atoms with Crippen LogP contribution in [0.25, 0.3) is 0 Å². The van der Waals surface area contributed by atoms with Gasteiger partial charge in [0.15, 0.2) is 0 Å². The zero-order valence-corrected chi connectivity index (χ0v) is 12.2. The van der Waals surface area contributed by atoms with Crippen molar-refractivity contribution >= 4 is 5.97 Å². The van der Waals surface area contributed by atoms with Gasteiger partial charge >= 0.3 is 5.97 Å². The first kappa shape index (κ1) is 17.2. The van der Waals surface area contributed by atoms with Crippen LogP contribution in [-0.2, 0) is 4.79 Å². The maximum atomic E-state index is 10.7. The van der Waals surface area contributed by atoms with E-state index in [-0.39, 0.29) is 0 Å². The largest absolute Gasteiger partial charge is 0.478 e. The third-order valence-electron chi connectivity index (χ3n) is 3.28. The fraction of sp³-hybridized carbons (Fsp3) is 0.812. The molecule has 2 nitrogen and oxygen atoms in total. The van der Waals surface area contributed by atoms with Gasteiger partial charge in [0.2, 0.25) is 0 Å². The van der Waals surface area contributed by atoms with Crippen molar-refractivity contribution < 1.29 is 9.90 Å². The first-order chi connectivity index (χ1) is 8.70. The minimum atomic E-state index is -0.788. The van der Waals surface area contributed by atoms with Gasteiger partial charge in [-0.1, -0.05) is 64.4 Å². The van der Waals surface area contributed by atoms with Crippen molar-refractivity contribution in [2.45, 2.75) is 84.5 Å². The van der Waals surface area contributed by atoms with Crippen LogP contribution < -0.4 is 0 Å². The second-order valence-corrected chi connectivity index (χ2v) is 5.12. The molecular formula is C16H30O2. The SMILES string of the molecule is CCCCCCCCCC(=CC(=O)O)CCCC. The Kier molecular flexibility index (Phi) is 12.1. The number of carbonyl (C=O) groups is 1. The molecule has 0 aliphatic heterocycles. The third kappa shape index (κ3) is 11.7. The highest BCUT2D eigenvalue weighted by molar-refractivity contribution is 5.80. The normalized spacial score (nSPS) is 11.8. The van der Waals surface area contributed by atoms with Crippen molar-refractivity contribution in [3.8, 4) is 0 Å². The maximum Gasteiger partial charge on any atom is 0.328 e. The monoisotopic (exact) mass is 254 g/mol. The van der Waals surface area contributed by atoms with Gasteiger partial charge in [-0.2, -0.15) is 0 Å². The minimum absolute atomic E-state index is 0.788. The van der Waals surface area contributed by atoms with Crippen LogP contribution in [0, 0.1) is 0 Å².